The monoisotopic (exact) mass is 809 g/mol. The first kappa shape index (κ1) is 43.4. The Hall–Kier alpha value is -4.70. The molecule has 14 nitrogen and oxygen atoms in total. The van der Waals surface area contributed by atoms with Crippen molar-refractivity contribution in [1.82, 2.24) is 4.98 Å². The molecule has 1 aromatic heterocycles. The maximum absolute atomic E-state index is 14.5. The number of amides is 1. The summed E-state index contributed by atoms with van der Waals surface area (Å²) in [4.78, 5) is 45.4. The van der Waals surface area contributed by atoms with E-state index in [1.807, 2.05) is 0 Å². The number of ether oxygens (including phenoxy) is 4. The summed E-state index contributed by atoms with van der Waals surface area (Å²) >= 11 is 1.18. The minimum Gasteiger partial charge on any atom is -0.507 e. The molecule has 0 saturated carbocycles. The van der Waals surface area contributed by atoms with Crippen LogP contribution >= 0.6 is 11.3 Å². The summed E-state index contributed by atoms with van der Waals surface area (Å²) in [7, 11) is 1.46. The van der Waals surface area contributed by atoms with Crippen LogP contribution in [0.4, 0.5) is 10.8 Å². The van der Waals surface area contributed by atoms with E-state index in [1.165, 1.54) is 38.6 Å². The van der Waals surface area contributed by atoms with E-state index in [9.17, 15) is 34.8 Å². The van der Waals surface area contributed by atoms with Crippen LogP contribution < -0.4 is 15.4 Å². The Morgan fingerprint density at radius 3 is 2.39 bits per heavy atom. The molecule has 9 unspecified atom stereocenters. The number of methoxy groups -OCH3 is 1. The van der Waals surface area contributed by atoms with E-state index in [0.29, 0.717) is 16.4 Å². The molecule has 2 aliphatic rings. The Balaban J connectivity index is 1.72. The van der Waals surface area contributed by atoms with Gasteiger partial charge >= 0.3 is 11.8 Å². The number of hydrogen-bond acceptors (Lipinski definition) is 14. The van der Waals surface area contributed by atoms with Gasteiger partial charge in [-0.25, -0.2) is 4.98 Å². The quantitative estimate of drug-likeness (QED) is 0.0856. The first-order valence-corrected chi connectivity index (χ1v) is 20.1. The number of nitrogens with zero attached hydrogens (tertiary/aromatic N) is 1. The number of carbonyl (C=O) groups is 3. The predicted molar refractivity (Wildman–Crippen MR) is 219 cm³/mol. The Bertz CT molecular complexity index is 2130. The molecule has 9 atom stereocenters. The van der Waals surface area contributed by atoms with Crippen LogP contribution in [0.15, 0.2) is 36.1 Å². The molecule has 2 aromatic carbocycles. The van der Waals surface area contributed by atoms with Gasteiger partial charge in [0.05, 0.1) is 45.7 Å². The molecule has 3 heterocycles. The number of Topliss-reactive ketones (excluding diaryl/α,β-unsaturated/α-hetero) is 1. The zero-order valence-electron chi connectivity index (χ0n) is 34.1. The highest BCUT2D eigenvalue weighted by Crippen LogP contribution is 2.55. The lowest BCUT2D eigenvalue weighted by molar-refractivity contribution is -0.160. The van der Waals surface area contributed by atoms with Gasteiger partial charge in [0.1, 0.15) is 23.3 Å². The zero-order chi connectivity index (χ0) is 42.1. The molecule has 4 bridgehead atoms. The molecule has 1 amide bonds. The van der Waals surface area contributed by atoms with Crippen LogP contribution in [0, 0.1) is 30.6 Å². The number of fused-ring (bicyclic) bond motifs is 1. The molecule has 0 spiro atoms. The van der Waals surface area contributed by atoms with Crippen molar-refractivity contribution in [2.24, 2.45) is 23.7 Å². The SMILES string of the molecule is CCCCNc1nc2c(s1)c1c(O)c3c(O)c(C)c4c(c32)C(=O)C(C)(O/C=C/C(OC)C(C)C(OC(C)=O)C(C)C(O)C(C)C(O)C(C)/C=C/C=C(/C)C(=O)N1)O4. The lowest BCUT2D eigenvalue weighted by Crippen LogP contribution is -2.46. The molecule has 57 heavy (non-hydrogen) atoms. The average molecular weight is 810 g/mol. The number of anilines is 2. The van der Waals surface area contributed by atoms with Crippen LogP contribution in [-0.2, 0) is 23.8 Å². The van der Waals surface area contributed by atoms with Crippen molar-refractivity contribution >= 4 is 60.8 Å². The van der Waals surface area contributed by atoms with Gasteiger partial charge in [0.15, 0.2) is 10.9 Å². The molecule has 2 aliphatic heterocycles. The molecule has 0 fully saturated rings. The number of unbranched alkanes of at least 4 members (excludes halogenated alkanes) is 1. The Labute approximate surface area is 336 Å². The van der Waals surface area contributed by atoms with Crippen molar-refractivity contribution in [3.8, 4) is 17.2 Å². The van der Waals surface area contributed by atoms with Crippen molar-refractivity contribution in [3.05, 3.63) is 47.3 Å². The summed E-state index contributed by atoms with van der Waals surface area (Å²) < 4.78 is 24.1. The third-order valence-corrected chi connectivity index (χ3v) is 12.2. The molecule has 0 radical (unpaired) electrons. The first-order chi connectivity index (χ1) is 26.9. The van der Waals surface area contributed by atoms with E-state index in [1.54, 1.807) is 65.8 Å². The second-order valence-corrected chi connectivity index (χ2v) is 16.3. The molecule has 0 saturated heterocycles. The molecule has 6 N–H and O–H groups in total. The predicted octanol–water partition coefficient (Wildman–Crippen LogP) is 6.87. The fourth-order valence-corrected chi connectivity index (χ4v) is 8.57. The molecule has 5 rings (SSSR count). The highest BCUT2D eigenvalue weighted by atomic mass is 32.1. The molecular weight excluding hydrogens is 755 g/mol. The number of hydrogen-bond donors (Lipinski definition) is 6. The number of aliphatic hydroxyl groups excluding tert-OH is 2. The summed E-state index contributed by atoms with van der Waals surface area (Å²) in [6, 6.07) is 0. The number of thiazole rings is 1. The number of aromatic hydroxyl groups is 2. The van der Waals surface area contributed by atoms with E-state index in [4.69, 9.17) is 23.9 Å². The van der Waals surface area contributed by atoms with Crippen LogP contribution in [-0.4, -0.2) is 86.9 Å². The van der Waals surface area contributed by atoms with E-state index in [-0.39, 0.29) is 50.2 Å². The molecule has 0 aliphatic carbocycles. The van der Waals surface area contributed by atoms with Gasteiger partial charge in [0.2, 0.25) is 0 Å². The van der Waals surface area contributed by atoms with Crippen molar-refractivity contribution in [2.75, 3.05) is 24.3 Å². The molecular formula is C42H55N3O11S. The highest BCUT2D eigenvalue weighted by molar-refractivity contribution is 7.23. The normalized spacial score (nSPS) is 30.7. The number of esters is 1. The van der Waals surface area contributed by atoms with Crippen LogP contribution in [0.25, 0.3) is 21.0 Å². The number of aromatic nitrogens is 1. The number of phenols is 2. The van der Waals surface area contributed by atoms with Crippen LogP contribution in [0.1, 0.15) is 84.2 Å². The van der Waals surface area contributed by atoms with Crippen LogP contribution in [0.2, 0.25) is 0 Å². The maximum atomic E-state index is 14.5. The van der Waals surface area contributed by atoms with E-state index in [2.05, 4.69) is 17.6 Å². The summed E-state index contributed by atoms with van der Waals surface area (Å²) in [6.45, 7) is 15.5. The third kappa shape index (κ3) is 8.34. The van der Waals surface area contributed by atoms with E-state index in [0.717, 1.165) is 12.8 Å². The minimum atomic E-state index is -1.94. The Kier molecular flexibility index (Phi) is 13.3. The highest BCUT2D eigenvalue weighted by Gasteiger charge is 2.49. The standard InChI is InChI=1S/C42H55N3O11S/c1-11-12-17-43-41-45-30-27-28-34(49)24(7)37-29(27)39(51)42(9,56-37)54-18-16-26(53-10)21(4)36(55-25(8)46)23(6)33(48)22(5)32(47)19(2)14-13-15-20(3)40(52)44-31(35(28)50)38(30)57-41/h13-16,18-19,21-23,26,32-33,36,47-50H,11-12,17H2,1-10H3,(H,43,45)(H,44,52)/b14-13+,18-16+,20-15-. The summed E-state index contributed by atoms with van der Waals surface area (Å²) in [5, 5.41) is 53.0. The molecule has 15 heteroatoms. The number of nitrogens with one attached hydrogen (secondary N) is 2. The number of benzene rings is 2. The first-order valence-electron chi connectivity index (χ1n) is 19.3. The summed E-state index contributed by atoms with van der Waals surface area (Å²) in [5.74, 6) is -6.82. The smallest absolute Gasteiger partial charge is 0.312 e. The van der Waals surface area contributed by atoms with Crippen LogP contribution in [0.5, 0.6) is 17.2 Å². The number of aliphatic hydroxyl groups is 2. The van der Waals surface area contributed by atoms with Gasteiger partial charge in [0.25, 0.3) is 11.7 Å². The maximum Gasteiger partial charge on any atom is 0.312 e. The van der Waals surface area contributed by atoms with E-state index >= 15 is 0 Å². The van der Waals surface area contributed by atoms with E-state index < -0.39 is 77.3 Å². The Morgan fingerprint density at radius 1 is 1.04 bits per heavy atom. The van der Waals surface area contributed by atoms with Crippen molar-refractivity contribution in [1.29, 1.82) is 0 Å². The number of carbonyl (C=O) groups excluding carboxylic acids is 3. The summed E-state index contributed by atoms with van der Waals surface area (Å²) in [6.07, 6.45) is 5.72. The van der Waals surface area contributed by atoms with Gasteiger partial charge in [-0.15, -0.1) is 0 Å². The zero-order valence-corrected chi connectivity index (χ0v) is 34.9. The lowest BCUT2D eigenvalue weighted by atomic mass is 9.78. The Morgan fingerprint density at radius 2 is 1.74 bits per heavy atom. The van der Waals surface area contributed by atoms with Gasteiger partial charge < -0.3 is 50.0 Å². The number of ketones is 1. The summed E-state index contributed by atoms with van der Waals surface area (Å²) in [5.41, 5.74) is 0.704. The number of rotatable bonds is 6. The number of allylic oxidation sites excluding steroid dienone is 2. The largest absolute Gasteiger partial charge is 0.507 e. The second-order valence-electron chi connectivity index (χ2n) is 15.3. The third-order valence-electron chi connectivity index (χ3n) is 11.2. The van der Waals surface area contributed by atoms with Gasteiger partial charge in [-0.1, -0.05) is 70.6 Å². The van der Waals surface area contributed by atoms with Gasteiger partial charge in [-0.05, 0) is 26.3 Å². The van der Waals surface area contributed by atoms with Crippen molar-refractivity contribution in [3.63, 3.8) is 0 Å². The molecule has 3 aromatic rings. The van der Waals surface area contributed by atoms with Crippen LogP contribution in [0.3, 0.4) is 0 Å². The van der Waals surface area contributed by atoms with Gasteiger partial charge in [-0.2, -0.15) is 0 Å². The fraction of sp³-hybridized carbons (Fsp3) is 0.524. The van der Waals surface area contributed by atoms with Gasteiger partial charge in [0, 0.05) is 67.7 Å². The average Bonchev–Trinajstić information content (AvgIpc) is 3.71. The topological polar surface area (TPSA) is 206 Å². The number of phenolic OH excluding ortho intramolecular Hbond substituents is 2. The fourth-order valence-electron chi connectivity index (χ4n) is 7.57. The second kappa shape index (κ2) is 17.4. The van der Waals surface area contributed by atoms with Gasteiger partial charge in [-0.3, -0.25) is 14.4 Å². The molecule has 310 valence electrons. The lowest BCUT2D eigenvalue weighted by Gasteiger charge is -2.38. The van der Waals surface area contributed by atoms with Crippen molar-refractivity contribution in [2.45, 2.75) is 105 Å². The minimum absolute atomic E-state index is 0.00481. The van der Waals surface area contributed by atoms with Crippen molar-refractivity contribution < 1.29 is 53.8 Å².